The fourth-order valence-electron chi connectivity index (χ4n) is 2.30. The molecule has 0 bridgehead atoms. The van der Waals surface area contributed by atoms with Crippen LogP contribution in [0, 0.1) is 0 Å². The van der Waals surface area contributed by atoms with Gasteiger partial charge in [0.15, 0.2) is 0 Å². The molecule has 0 saturated heterocycles. The molecule has 0 aliphatic carbocycles. The van der Waals surface area contributed by atoms with E-state index in [1.807, 2.05) is 18.2 Å². The Balaban J connectivity index is 1.65. The summed E-state index contributed by atoms with van der Waals surface area (Å²) in [5, 5.41) is 6.02. The van der Waals surface area contributed by atoms with E-state index in [0.717, 1.165) is 12.2 Å². The van der Waals surface area contributed by atoms with Crippen LogP contribution in [0.2, 0.25) is 0 Å². The lowest BCUT2D eigenvalue weighted by Crippen LogP contribution is -2.18. The fourth-order valence-corrected chi connectivity index (χ4v) is 2.30. The quantitative estimate of drug-likeness (QED) is 0.879. The van der Waals surface area contributed by atoms with Gasteiger partial charge in [-0.15, -0.1) is 0 Å². The fraction of sp³-hybridized carbons (Fsp3) is 0.214. The summed E-state index contributed by atoms with van der Waals surface area (Å²) < 4.78 is 0. The molecule has 2 aromatic rings. The Bertz CT molecular complexity index is 585. The first-order valence-electron chi connectivity index (χ1n) is 6.22. The summed E-state index contributed by atoms with van der Waals surface area (Å²) in [6.07, 6.45) is 3.65. The lowest BCUT2D eigenvalue weighted by atomic mass is 9.98. The van der Waals surface area contributed by atoms with Crippen molar-refractivity contribution in [3.05, 3.63) is 48.3 Å². The van der Waals surface area contributed by atoms with E-state index in [9.17, 15) is 4.79 Å². The van der Waals surface area contributed by atoms with Crippen LogP contribution in [0.1, 0.15) is 17.9 Å². The number of benzene rings is 1. The van der Waals surface area contributed by atoms with Crippen LogP contribution in [-0.4, -0.2) is 22.4 Å². The maximum atomic E-state index is 12.0. The molecular weight excluding hydrogens is 240 g/mol. The highest BCUT2D eigenvalue weighted by atomic mass is 16.1. The number of nitrogens with one attached hydrogen (secondary N) is 2. The maximum absolute atomic E-state index is 12.0. The molecule has 0 saturated carbocycles. The van der Waals surface area contributed by atoms with Crippen molar-refractivity contribution in [2.24, 2.45) is 0 Å². The molecule has 5 heteroatoms. The summed E-state index contributed by atoms with van der Waals surface area (Å²) in [5.41, 5.74) is 2.32. The van der Waals surface area contributed by atoms with Crippen LogP contribution >= 0.6 is 0 Å². The standard InChI is InChI=1S/C14H14N4O/c19-13(18-14-15-6-3-7-16-14)8-10-9-17-12-5-2-1-4-11(10)12/h1-7,10,17H,8-9H2,(H,15,16,18,19). The first-order chi connectivity index (χ1) is 9.33. The van der Waals surface area contributed by atoms with Gasteiger partial charge in [0.1, 0.15) is 0 Å². The molecule has 2 heterocycles. The van der Waals surface area contributed by atoms with Crippen molar-refractivity contribution in [2.45, 2.75) is 12.3 Å². The molecule has 19 heavy (non-hydrogen) atoms. The van der Waals surface area contributed by atoms with Crippen LogP contribution in [0.4, 0.5) is 11.6 Å². The minimum Gasteiger partial charge on any atom is -0.384 e. The Labute approximate surface area is 111 Å². The van der Waals surface area contributed by atoms with Gasteiger partial charge in [-0.3, -0.25) is 10.1 Å². The molecule has 5 nitrogen and oxygen atoms in total. The number of anilines is 2. The van der Waals surface area contributed by atoms with E-state index >= 15 is 0 Å². The van der Waals surface area contributed by atoms with Crippen molar-refractivity contribution in [3.8, 4) is 0 Å². The van der Waals surface area contributed by atoms with E-state index in [1.165, 1.54) is 5.56 Å². The summed E-state index contributed by atoms with van der Waals surface area (Å²) in [6, 6.07) is 9.80. The third-order valence-electron chi connectivity index (χ3n) is 3.19. The van der Waals surface area contributed by atoms with Gasteiger partial charge in [-0.2, -0.15) is 0 Å². The lowest BCUT2D eigenvalue weighted by molar-refractivity contribution is -0.116. The highest BCUT2D eigenvalue weighted by molar-refractivity contribution is 5.89. The second-order valence-corrected chi connectivity index (χ2v) is 4.49. The predicted octanol–water partition coefficient (Wildman–Crippen LogP) is 2.01. The molecule has 2 N–H and O–H groups in total. The van der Waals surface area contributed by atoms with Crippen molar-refractivity contribution in [2.75, 3.05) is 17.2 Å². The number of fused-ring (bicyclic) bond motifs is 1. The highest BCUT2D eigenvalue weighted by Crippen LogP contribution is 2.33. The Hall–Kier alpha value is -2.43. The Morgan fingerprint density at radius 1 is 1.26 bits per heavy atom. The van der Waals surface area contributed by atoms with Gasteiger partial charge in [0.25, 0.3) is 0 Å². The van der Waals surface area contributed by atoms with E-state index < -0.39 is 0 Å². The molecule has 1 unspecified atom stereocenters. The van der Waals surface area contributed by atoms with Crippen molar-refractivity contribution >= 4 is 17.5 Å². The number of carbonyl (C=O) groups is 1. The van der Waals surface area contributed by atoms with Crippen molar-refractivity contribution in [3.63, 3.8) is 0 Å². The van der Waals surface area contributed by atoms with Gasteiger partial charge in [0.05, 0.1) is 0 Å². The molecule has 1 aromatic carbocycles. The van der Waals surface area contributed by atoms with E-state index in [2.05, 4.69) is 26.7 Å². The van der Waals surface area contributed by atoms with Crippen LogP contribution < -0.4 is 10.6 Å². The van der Waals surface area contributed by atoms with Crippen LogP contribution in [0.25, 0.3) is 0 Å². The Morgan fingerprint density at radius 3 is 2.89 bits per heavy atom. The summed E-state index contributed by atoms with van der Waals surface area (Å²) in [7, 11) is 0. The second-order valence-electron chi connectivity index (χ2n) is 4.49. The summed E-state index contributed by atoms with van der Waals surface area (Å²) in [5.74, 6) is 0.501. The molecule has 1 aliphatic rings. The minimum atomic E-state index is -0.0605. The molecule has 1 aliphatic heterocycles. The minimum absolute atomic E-state index is 0.0605. The molecule has 0 spiro atoms. The average Bonchev–Trinajstić information content (AvgIpc) is 2.83. The number of aromatic nitrogens is 2. The Morgan fingerprint density at radius 2 is 2.05 bits per heavy atom. The molecule has 96 valence electrons. The SMILES string of the molecule is O=C(CC1CNc2ccccc21)Nc1ncccn1. The van der Waals surface area contributed by atoms with E-state index in [-0.39, 0.29) is 11.8 Å². The molecule has 3 rings (SSSR count). The molecular formula is C14H14N4O. The molecule has 1 atom stereocenters. The third-order valence-corrected chi connectivity index (χ3v) is 3.19. The summed E-state index contributed by atoms with van der Waals surface area (Å²) in [6.45, 7) is 0.794. The number of carbonyl (C=O) groups excluding carboxylic acids is 1. The van der Waals surface area contributed by atoms with Crippen molar-refractivity contribution in [1.82, 2.24) is 9.97 Å². The van der Waals surface area contributed by atoms with Crippen LogP contribution in [0.15, 0.2) is 42.7 Å². The normalized spacial score (nSPS) is 16.5. The molecule has 1 aromatic heterocycles. The predicted molar refractivity (Wildman–Crippen MR) is 73.0 cm³/mol. The highest BCUT2D eigenvalue weighted by Gasteiger charge is 2.24. The molecule has 0 fully saturated rings. The van der Waals surface area contributed by atoms with E-state index in [0.29, 0.717) is 12.4 Å². The largest absolute Gasteiger partial charge is 0.384 e. The number of hydrogen-bond donors (Lipinski definition) is 2. The summed E-state index contributed by atoms with van der Waals surface area (Å²) >= 11 is 0. The van der Waals surface area contributed by atoms with Gasteiger partial charge in [-0.1, -0.05) is 18.2 Å². The topological polar surface area (TPSA) is 66.9 Å². The van der Waals surface area contributed by atoms with Gasteiger partial charge in [0, 0.05) is 37.0 Å². The maximum Gasteiger partial charge on any atom is 0.229 e. The van der Waals surface area contributed by atoms with Crippen molar-refractivity contribution < 1.29 is 4.79 Å². The molecule has 0 radical (unpaired) electrons. The smallest absolute Gasteiger partial charge is 0.229 e. The summed E-state index contributed by atoms with van der Waals surface area (Å²) in [4.78, 5) is 19.9. The van der Waals surface area contributed by atoms with Gasteiger partial charge in [-0.25, -0.2) is 9.97 Å². The number of hydrogen-bond acceptors (Lipinski definition) is 4. The number of rotatable bonds is 3. The Kier molecular flexibility index (Phi) is 3.10. The van der Waals surface area contributed by atoms with Crippen LogP contribution in [0.3, 0.4) is 0 Å². The third kappa shape index (κ3) is 2.54. The van der Waals surface area contributed by atoms with Gasteiger partial charge >= 0.3 is 0 Å². The first kappa shape index (κ1) is 11.6. The van der Waals surface area contributed by atoms with Crippen molar-refractivity contribution in [1.29, 1.82) is 0 Å². The monoisotopic (exact) mass is 254 g/mol. The second kappa shape index (κ2) is 5.06. The zero-order valence-electron chi connectivity index (χ0n) is 10.3. The van der Waals surface area contributed by atoms with E-state index in [4.69, 9.17) is 0 Å². The van der Waals surface area contributed by atoms with Crippen LogP contribution in [-0.2, 0) is 4.79 Å². The zero-order valence-corrected chi connectivity index (χ0v) is 10.3. The van der Waals surface area contributed by atoms with Gasteiger partial charge < -0.3 is 5.32 Å². The number of amides is 1. The zero-order chi connectivity index (χ0) is 13.1. The molecule has 1 amide bonds. The number of nitrogens with zero attached hydrogens (tertiary/aromatic N) is 2. The first-order valence-corrected chi connectivity index (χ1v) is 6.22. The average molecular weight is 254 g/mol. The van der Waals surface area contributed by atoms with Gasteiger partial charge in [-0.05, 0) is 17.7 Å². The van der Waals surface area contributed by atoms with Gasteiger partial charge in [0.2, 0.25) is 11.9 Å². The van der Waals surface area contributed by atoms with Crippen LogP contribution in [0.5, 0.6) is 0 Å². The van der Waals surface area contributed by atoms with E-state index in [1.54, 1.807) is 18.5 Å². The number of para-hydroxylation sites is 1. The lowest BCUT2D eigenvalue weighted by Gasteiger charge is -2.09.